The molecule has 6 aromatic rings. The zero-order chi connectivity index (χ0) is 24.5. The van der Waals surface area contributed by atoms with E-state index in [2.05, 4.69) is 63.4 Å². The van der Waals surface area contributed by atoms with Crippen molar-refractivity contribution >= 4 is 60.3 Å². The van der Waals surface area contributed by atoms with Crippen LogP contribution in [0.1, 0.15) is 11.1 Å². The smallest absolute Gasteiger partial charge is 0.268 e. The number of para-hydroxylation sites is 2. The minimum absolute atomic E-state index is 0.0299. The predicted molar refractivity (Wildman–Crippen MR) is 147 cm³/mol. The summed E-state index contributed by atoms with van der Waals surface area (Å²) < 4.78 is 3.15. The fourth-order valence-electron chi connectivity index (χ4n) is 4.53. The number of hydrogen-bond donors (Lipinski definition) is 1. The average Bonchev–Trinajstić information content (AvgIpc) is 3.48. The standard InChI is InChI=1S/C30H20N4OS/c31-17-22(29(35)33-30-32-26-13-4-6-15-28(26)36-30)16-23-19-34(27-14-5-3-12-25(23)27)18-21-10-7-9-20-8-1-2-11-24(20)21/h1-16,19H,18H2,(H,32,33,35). The Kier molecular flexibility index (Phi) is 5.53. The van der Waals surface area contributed by atoms with Gasteiger partial charge in [-0.15, -0.1) is 0 Å². The highest BCUT2D eigenvalue weighted by atomic mass is 32.1. The van der Waals surface area contributed by atoms with Crippen LogP contribution in [-0.2, 0) is 11.3 Å². The summed E-state index contributed by atoms with van der Waals surface area (Å²) in [7, 11) is 0. The number of benzene rings is 4. The van der Waals surface area contributed by atoms with Crippen LogP contribution >= 0.6 is 11.3 Å². The van der Waals surface area contributed by atoms with Gasteiger partial charge in [0.05, 0.1) is 10.2 Å². The number of hydrogen-bond acceptors (Lipinski definition) is 4. The molecule has 0 atom stereocenters. The van der Waals surface area contributed by atoms with E-state index in [1.54, 1.807) is 6.08 Å². The van der Waals surface area contributed by atoms with Crippen LogP contribution in [0.4, 0.5) is 5.13 Å². The van der Waals surface area contributed by atoms with Crippen molar-refractivity contribution in [3.05, 3.63) is 114 Å². The summed E-state index contributed by atoms with van der Waals surface area (Å²) in [4.78, 5) is 17.4. The van der Waals surface area contributed by atoms with Gasteiger partial charge in [-0.05, 0) is 40.6 Å². The van der Waals surface area contributed by atoms with Crippen LogP contribution in [0.15, 0.2) is 103 Å². The first-order valence-electron chi connectivity index (χ1n) is 11.5. The molecule has 2 heterocycles. The number of amides is 1. The number of nitriles is 1. The number of fused-ring (bicyclic) bond motifs is 3. The van der Waals surface area contributed by atoms with E-state index in [0.29, 0.717) is 11.7 Å². The molecule has 0 aliphatic heterocycles. The maximum atomic E-state index is 13.0. The summed E-state index contributed by atoms with van der Waals surface area (Å²) >= 11 is 1.38. The highest BCUT2D eigenvalue weighted by molar-refractivity contribution is 7.22. The molecule has 0 saturated heterocycles. The molecular weight excluding hydrogens is 464 g/mol. The second-order valence-electron chi connectivity index (χ2n) is 8.48. The number of nitrogens with zero attached hydrogens (tertiary/aromatic N) is 3. The van der Waals surface area contributed by atoms with E-state index in [4.69, 9.17) is 0 Å². The molecule has 172 valence electrons. The lowest BCUT2D eigenvalue weighted by Crippen LogP contribution is -2.13. The van der Waals surface area contributed by atoms with Crippen LogP contribution in [0.2, 0.25) is 0 Å². The summed E-state index contributed by atoms with van der Waals surface area (Å²) in [5, 5.41) is 16.5. The second kappa shape index (κ2) is 9.14. The molecule has 1 N–H and O–H groups in total. The van der Waals surface area contributed by atoms with Crippen molar-refractivity contribution in [2.24, 2.45) is 0 Å². The van der Waals surface area contributed by atoms with Gasteiger partial charge in [0, 0.05) is 29.2 Å². The highest BCUT2D eigenvalue weighted by Crippen LogP contribution is 2.28. The van der Waals surface area contributed by atoms with Crippen molar-refractivity contribution in [1.29, 1.82) is 5.26 Å². The Bertz CT molecular complexity index is 1800. The van der Waals surface area contributed by atoms with E-state index in [9.17, 15) is 10.1 Å². The molecule has 0 unspecified atom stereocenters. The molecule has 0 fully saturated rings. The first-order valence-corrected chi connectivity index (χ1v) is 12.3. The molecule has 0 saturated carbocycles. The van der Waals surface area contributed by atoms with Gasteiger partial charge in [-0.25, -0.2) is 4.98 Å². The van der Waals surface area contributed by atoms with Crippen LogP contribution in [0, 0.1) is 11.3 Å². The van der Waals surface area contributed by atoms with Crippen LogP contribution in [0.25, 0.3) is 38.0 Å². The van der Waals surface area contributed by atoms with E-state index < -0.39 is 5.91 Å². The summed E-state index contributed by atoms with van der Waals surface area (Å²) in [6.45, 7) is 0.676. The minimum Gasteiger partial charge on any atom is -0.342 e. The molecule has 0 bridgehead atoms. The fourth-order valence-corrected chi connectivity index (χ4v) is 5.39. The minimum atomic E-state index is -0.470. The van der Waals surface area contributed by atoms with Crippen molar-refractivity contribution in [3.8, 4) is 6.07 Å². The summed E-state index contributed by atoms with van der Waals surface area (Å²) in [6, 6.07) is 32.5. The van der Waals surface area contributed by atoms with Crippen molar-refractivity contribution in [3.63, 3.8) is 0 Å². The van der Waals surface area contributed by atoms with Crippen molar-refractivity contribution < 1.29 is 4.79 Å². The number of nitrogens with one attached hydrogen (secondary N) is 1. The van der Waals surface area contributed by atoms with Gasteiger partial charge in [0.25, 0.3) is 5.91 Å². The Labute approximate surface area is 211 Å². The SMILES string of the molecule is N#CC(=Cc1cn(Cc2cccc3ccccc23)c2ccccc12)C(=O)Nc1nc2ccccc2s1. The van der Waals surface area contributed by atoms with Gasteiger partial charge < -0.3 is 4.57 Å². The Morgan fingerprint density at radius 2 is 1.69 bits per heavy atom. The van der Waals surface area contributed by atoms with Gasteiger partial charge in [-0.1, -0.05) is 84.1 Å². The Morgan fingerprint density at radius 3 is 2.56 bits per heavy atom. The van der Waals surface area contributed by atoms with Crippen molar-refractivity contribution in [2.45, 2.75) is 6.54 Å². The third-order valence-corrected chi connectivity index (χ3v) is 7.17. The van der Waals surface area contributed by atoms with E-state index in [1.165, 1.54) is 27.7 Å². The Hall–Kier alpha value is -4.73. The zero-order valence-electron chi connectivity index (χ0n) is 19.2. The van der Waals surface area contributed by atoms with E-state index >= 15 is 0 Å². The third kappa shape index (κ3) is 4.02. The predicted octanol–water partition coefficient (Wildman–Crippen LogP) is 7.00. The number of carbonyl (C=O) groups excluding carboxylic acids is 1. The maximum Gasteiger partial charge on any atom is 0.268 e. The van der Waals surface area contributed by atoms with Crippen LogP contribution in [0.3, 0.4) is 0 Å². The Balaban J connectivity index is 1.35. The normalized spacial score (nSPS) is 11.7. The molecule has 0 aliphatic rings. The number of aromatic nitrogens is 2. The first-order chi connectivity index (χ1) is 17.7. The molecule has 6 rings (SSSR count). The molecule has 0 spiro atoms. The summed E-state index contributed by atoms with van der Waals surface area (Å²) in [6.07, 6.45) is 3.67. The number of carbonyl (C=O) groups is 1. The lowest BCUT2D eigenvalue weighted by molar-refractivity contribution is -0.112. The van der Waals surface area contributed by atoms with Crippen molar-refractivity contribution in [1.82, 2.24) is 9.55 Å². The van der Waals surface area contributed by atoms with Gasteiger partial charge in [-0.3, -0.25) is 10.1 Å². The molecule has 5 nitrogen and oxygen atoms in total. The molecule has 0 radical (unpaired) electrons. The molecule has 2 aromatic heterocycles. The quantitative estimate of drug-likeness (QED) is 0.212. The van der Waals surface area contributed by atoms with Crippen LogP contribution in [-0.4, -0.2) is 15.5 Å². The van der Waals surface area contributed by atoms with Gasteiger partial charge >= 0.3 is 0 Å². The van der Waals surface area contributed by atoms with Gasteiger partial charge in [0.2, 0.25) is 0 Å². The molecule has 4 aromatic carbocycles. The van der Waals surface area contributed by atoms with Gasteiger partial charge in [0.15, 0.2) is 5.13 Å². The van der Waals surface area contributed by atoms with E-state index in [1.807, 2.05) is 54.7 Å². The number of rotatable bonds is 5. The lowest BCUT2D eigenvalue weighted by atomic mass is 10.0. The lowest BCUT2D eigenvalue weighted by Gasteiger charge is -2.09. The first kappa shape index (κ1) is 21.8. The summed E-state index contributed by atoms with van der Waals surface area (Å²) in [5.41, 5.74) is 3.92. The monoisotopic (exact) mass is 484 g/mol. The average molecular weight is 485 g/mol. The van der Waals surface area contributed by atoms with Crippen LogP contribution < -0.4 is 5.32 Å². The number of thiazole rings is 1. The van der Waals surface area contributed by atoms with Crippen molar-refractivity contribution in [2.75, 3.05) is 5.32 Å². The largest absolute Gasteiger partial charge is 0.342 e. The third-order valence-electron chi connectivity index (χ3n) is 6.22. The maximum absolute atomic E-state index is 13.0. The topological polar surface area (TPSA) is 70.7 Å². The fraction of sp³-hybridized carbons (Fsp3) is 0.0333. The van der Waals surface area contributed by atoms with Gasteiger partial charge in [0.1, 0.15) is 11.6 Å². The molecule has 36 heavy (non-hydrogen) atoms. The van der Waals surface area contributed by atoms with E-state index in [-0.39, 0.29) is 5.57 Å². The number of anilines is 1. The molecule has 1 amide bonds. The zero-order valence-corrected chi connectivity index (χ0v) is 20.0. The van der Waals surface area contributed by atoms with Gasteiger partial charge in [-0.2, -0.15) is 5.26 Å². The second-order valence-corrected chi connectivity index (χ2v) is 9.51. The van der Waals surface area contributed by atoms with Crippen LogP contribution in [0.5, 0.6) is 0 Å². The Morgan fingerprint density at radius 1 is 0.944 bits per heavy atom. The van der Waals surface area contributed by atoms with E-state index in [0.717, 1.165) is 26.7 Å². The summed E-state index contributed by atoms with van der Waals surface area (Å²) in [5.74, 6) is -0.470. The molecular formula is C30H20N4OS. The molecule has 6 heteroatoms. The highest BCUT2D eigenvalue weighted by Gasteiger charge is 2.15. The molecule has 0 aliphatic carbocycles.